The molecule has 0 amide bonds. The van der Waals surface area contributed by atoms with Crippen molar-refractivity contribution in [1.82, 2.24) is 9.78 Å². The van der Waals surface area contributed by atoms with Crippen LogP contribution in [0, 0.1) is 16.7 Å². The van der Waals surface area contributed by atoms with Crippen LogP contribution in [-0.2, 0) is 21.1 Å². The van der Waals surface area contributed by atoms with Crippen LogP contribution in [0.4, 0.5) is 0 Å². The number of hydrogen-bond donors (Lipinski definition) is 1. The Hall–Kier alpha value is -1.11. The molecule has 0 saturated carbocycles. The first-order chi connectivity index (χ1) is 14.5. The average molecular weight is 459 g/mol. The number of unbranched alkanes of at least 4 members (excludes halogenated alkanes) is 6. The minimum atomic E-state index is -0.878. The molecule has 0 aliphatic heterocycles. The van der Waals surface area contributed by atoms with Crippen LogP contribution < -0.4 is 0 Å². The Bertz CT molecular complexity index is 625. The van der Waals surface area contributed by atoms with Crippen LogP contribution >= 0.6 is 11.6 Å². The number of halogens is 1. The molecule has 1 N–H and O–H groups in total. The van der Waals surface area contributed by atoms with Crippen molar-refractivity contribution in [2.75, 3.05) is 13.2 Å². The van der Waals surface area contributed by atoms with Crippen LogP contribution in [0.15, 0.2) is 12.4 Å². The second-order valence-corrected chi connectivity index (χ2v) is 10.6. The molecule has 1 atom stereocenters. The zero-order valence-corrected chi connectivity index (χ0v) is 20.9. The fourth-order valence-corrected chi connectivity index (χ4v) is 3.41. The number of nitrogens with zero attached hydrogens (tertiary/aromatic N) is 2. The predicted molar refractivity (Wildman–Crippen MR) is 125 cm³/mol. The first-order valence-corrected chi connectivity index (χ1v) is 12.1. The summed E-state index contributed by atoms with van der Waals surface area (Å²) in [4.78, 5) is 21.7. The van der Waals surface area contributed by atoms with E-state index in [-0.39, 0.29) is 13.2 Å². The maximum absolute atomic E-state index is 11.4. The van der Waals surface area contributed by atoms with Crippen molar-refractivity contribution in [3.8, 4) is 0 Å². The lowest BCUT2D eigenvalue weighted by Crippen LogP contribution is -2.29. The van der Waals surface area contributed by atoms with Crippen molar-refractivity contribution in [2.45, 2.75) is 99.0 Å². The first-order valence-electron chi connectivity index (χ1n) is 11.7. The van der Waals surface area contributed by atoms with E-state index in [2.05, 4.69) is 39.7 Å². The molecular weight excluding hydrogens is 416 g/mol. The van der Waals surface area contributed by atoms with E-state index >= 15 is 0 Å². The van der Waals surface area contributed by atoms with Gasteiger partial charge in [-0.2, -0.15) is 5.10 Å². The lowest BCUT2D eigenvalue weighted by molar-refractivity contribution is -0.296. The van der Waals surface area contributed by atoms with Gasteiger partial charge in [0.25, 0.3) is 0 Å². The molecule has 1 aromatic heterocycles. The van der Waals surface area contributed by atoms with E-state index in [1.54, 1.807) is 6.20 Å². The largest absolute Gasteiger partial charge is 0.481 e. The molecule has 31 heavy (non-hydrogen) atoms. The number of rotatable bonds is 17. The smallest absolute Gasteiger partial charge is 0.308 e. The molecule has 180 valence electrons. The minimum Gasteiger partial charge on any atom is -0.481 e. The van der Waals surface area contributed by atoms with Gasteiger partial charge in [-0.15, -0.1) is 0 Å². The Balaban J connectivity index is 1.96. The van der Waals surface area contributed by atoms with Gasteiger partial charge in [0.1, 0.15) is 0 Å². The van der Waals surface area contributed by atoms with E-state index in [9.17, 15) is 9.90 Å². The summed E-state index contributed by atoms with van der Waals surface area (Å²) in [5.41, 5.74) is 0.749. The molecule has 1 rings (SSSR count). The standard InChI is InChI=1S/C24H43ClN2O4/c1-23(2,3)24(4,5)14-11-9-7-6-8-10-12-15-30-31-16-13-20(22(28)29)18-27-19-21(25)17-26-27/h17,19-20H,6-16,18H2,1-5H3,(H,28,29). The summed E-state index contributed by atoms with van der Waals surface area (Å²) < 4.78 is 1.54. The van der Waals surface area contributed by atoms with Gasteiger partial charge in [-0.1, -0.05) is 84.7 Å². The summed E-state index contributed by atoms with van der Waals surface area (Å²) in [7, 11) is 0. The highest BCUT2D eigenvalue weighted by molar-refractivity contribution is 6.30. The third-order valence-electron chi connectivity index (χ3n) is 6.55. The van der Waals surface area contributed by atoms with Crippen LogP contribution in [-0.4, -0.2) is 34.1 Å². The normalized spacial score (nSPS) is 13.5. The lowest BCUT2D eigenvalue weighted by Gasteiger charge is -2.39. The number of carboxylic acid groups (broad SMARTS) is 1. The quantitative estimate of drug-likeness (QED) is 0.158. The van der Waals surface area contributed by atoms with Gasteiger partial charge in [0.15, 0.2) is 0 Å². The van der Waals surface area contributed by atoms with Gasteiger partial charge in [-0.05, 0) is 30.1 Å². The average Bonchev–Trinajstić information content (AvgIpc) is 3.08. The third kappa shape index (κ3) is 11.9. The Morgan fingerprint density at radius 2 is 1.61 bits per heavy atom. The highest BCUT2D eigenvalue weighted by Gasteiger charge is 2.31. The molecule has 0 spiro atoms. The fraction of sp³-hybridized carbons (Fsp3) is 0.833. The summed E-state index contributed by atoms with van der Waals surface area (Å²) in [6.45, 7) is 12.8. The van der Waals surface area contributed by atoms with Crippen LogP contribution in [0.25, 0.3) is 0 Å². The lowest BCUT2D eigenvalue weighted by atomic mass is 9.67. The number of hydrogen-bond acceptors (Lipinski definition) is 4. The molecule has 1 heterocycles. The molecule has 6 nitrogen and oxygen atoms in total. The Morgan fingerprint density at radius 1 is 1.03 bits per heavy atom. The summed E-state index contributed by atoms with van der Waals surface area (Å²) in [5.74, 6) is -1.47. The highest BCUT2D eigenvalue weighted by atomic mass is 35.5. The Kier molecular flexibility index (Phi) is 12.7. The number of carbonyl (C=O) groups is 1. The molecule has 0 bridgehead atoms. The monoisotopic (exact) mass is 458 g/mol. The molecule has 1 aromatic rings. The molecule has 0 aliphatic rings. The summed E-state index contributed by atoms with van der Waals surface area (Å²) in [6, 6.07) is 0. The van der Waals surface area contributed by atoms with Gasteiger partial charge in [-0.25, -0.2) is 9.78 Å². The van der Waals surface area contributed by atoms with Crippen molar-refractivity contribution < 1.29 is 19.7 Å². The minimum absolute atomic E-state index is 0.247. The van der Waals surface area contributed by atoms with Crippen LogP contribution in [0.5, 0.6) is 0 Å². The third-order valence-corrected chi connectivity index (χ3v) is 6.75. The van der Waals surface area contributed by atoms with Crippen molar-refractivity contribution in [3.63, 3.8) is 0 Å². The number of carboxylic acids is 1. The summed E-state index contributed by atoms with van der Waals surface area (Å²) in [6.07, 6.45) is 13.3. The maximum Gasteiger partial charge on any atom is 0.308 e. The van der Waals surface area contributed by atoms with Crippen LogP contribution in [0.3, 0.4) is 0 Å². The van der Waals surface area contributed by atoms with E-state index in [0.29, 0.717) is 28.9 Å². The van der Waals surface area contributed by atoms with Crippen LogP contribution in [0.1, 0.15) is 92.4 Å². The first kappa shape index (κ1) is 27.9. The second kappa shape index (κ2) is 14.1. The van der Waals surface area contributed by atoms with E-state index in [1.165, 1.54) is 49.4 Å². The Labute approximate surface area is 193 Å². The van der Waals surface area contributed by atoms with Crippen molar-refractivity contribution in [3.05, 3.63) is 17.4 Å². The van der Waals surface area contributed by atoms with Crippen molar-refractivity contribution in [1.29, 1.82) is 0 Å². The van der Waals surface area contributed by atoms with Gasteiger partial charge in [-0.3, -0.25) is 9.48 Å². The van der Waals surface area contributed by atoms with Crippen molar-refractivity contribution >= 4 is 17.6 Å². The highest BCUT2D eigenvalue weighted by Crippen LogP contribution is 2.41. The van der Waals surface area contributed by atoms with E-state index in [4.69, 9.17) is 21.4 Å². The number of aromatic nitrogens is 2. The molecular formula is C24H43ClN2O4. The van der Waals surface area contributed by atoms with Gasteiger partial charge >= 0.3 is 5.97 Å². The van der Waals surface area contributed by atoms with Crippen LogP contribution in [0.2, 0.25) is 5.02 Å². The van der Waals surface area contributed by atoms with E-state index in [1.807, 2.05) is 0 Å². The van der Waals surface area contributed by atoms with Gasteiger partial charge in [0, 0.05) is 6.20 Å². The van der Waals surface area contributed by atoms with Gasteiger partial charge in [0.05, 0.1) is 36.9 Å². The Morgan fingerprint density at radius 3 is 2.16 bits per heavy atom. The van der Waals surface area contributed by atoms with Gasteiger partial charge in [0.2, 0.25) is 0 Å². The SMILES string of the molecule is CC(C)(C)C(C)(C)CCCCCCCCCOOCCC(Cn1cc(Cl)cn1)C(=O)O. The molecule has 0 aromatic carbocycles. The second-order valence-electron chi connectivity index (χ2n) is 10.2. The predicted octanol–water partition coefficient (Wildman–Crippen LogP) is 6.77. The van der Waals surface area contributed by atoms with Crippen molar-refractivity contribution in [2.24, 2.45) is 16.7 Å². The molecule has 0 radical (unpaired) electrons. The van der Waals surface area contributed by atoms with E-state index in [0.717, 1.165) is 12.8 Å². The molecule has 0 fully saturated rings. The zero-order valence-electron chi connectivity index (χ0n) is 20.2. The maximum atomic E-state index is 11.4. The number of aliphatic carboxylic acids is 1. The topological polar surface area (TPSA) is 73.6 Å². The molecule has 1 unspecified atom stereocenters. The molecule has 0 saturated heterocycles. The molecule has 7 heteroatoms. The fourth-order valence-electron chi connectivity index (χ4n) is 3.25. The van der Waals surface area contributed by atoms with Gasteiger partial charge < -0.3 is 5.11 Å². The molecule has 0 aliphatic carbocycles. The van der Waals surface area contributed by atoms with E-state index < -0.39 is 11.9 Å². The zero-order chi connectivity index (χ0) is 23.3. The summed E-state index contributed by atoms with van der Waals surface area (Å²) in [5, 5.41) is 13.8. The summed E-state index contributed by atoms with van der Waals surface area (Å²) >= 11 is 5.81.